The van der Waals surface area contributed by atoms with Crippen LogP contribution in [0.15, 0.2) is 36.4 Å². The summed E-state index contributed by atoms with van der Waals surface area (Å²) in [7, 11) is 0. The van der Waals surface area contributed by atoms with Gasteiger partial charge in [0.15, 0.2) is 0 Å². The fourth-order valence-electron chi connectivity index (χ4n) is 0.955. The van der Waals surface area contributed by atoms with Crippen LogP contribution in [0.5, 0.6) is 0 Å². The van der Waals surface area contributed by atoms with Crippen molar-refractivity contribution in [2.75, 3.05) is 22.9 Å². The maximum atomic E-state index is 5.37. The second-order valence-electron chi connectivity index (χ2n) is 2.84. The molecule has 0 unspecified atom stereocenters. The van der Waals surface area contributed by atoms with Crippen LogP contribution in [0.4, 0.5) is 22.7 Å². The Bertz CT molecular complexity index is 339. The van der Waals surface area contributed by atoms with Crippen molar-refractivity contribution in [1.82, 2.24) is 0 Å². The van der Waals surface area contributed by atoms with Crippen LogP contribution in [0, 0.1) is 0 Å². The van der Waals surface area contributed by atoms with E-state index in [1.54, 1.807) is 6.07 Å². The van der Waals surface area contributed by atoms with E-state index in [0.717, 1.165) is 0 Å². The minimum absolute atomic E-state index is 0. The van der Waals surface area contributed by atoms with Gasteiger partial charge in [0.1, 0.15) is 0 Å². The van der Waals surface area contributed by atoms with Crippen LogP contribution in [0.3, 0.4) is 0 Å². The van der Waals surface area contributed by atoms with Gasteiger partial charge in [0.25, 0.3) is 0 Å². The molecule has 2 rings (SSSR count). The summed E-state index contributed by atoms with van der Waals surface area (Å²) in [6.07, 6.45) is 0. The number of hydrogen-bond acceptors (Lipinski definition) is 4. The Morgan fingerprint density at radius 1 is 0.933 bits per heavy atom. The van der Waals surface area contributed by atoms with Crippen LogP contribution in [0.25, 0.3) is 0 Å². The fraction of sp³-hybridized carbons (Fsp3) is 0. The van der Waals surface area contributed by atoms with Gasteiger partial charge < -0.3 is 53.3 Å². The van der Waals surface area contributed by atoms with Crippen LogP contribution in [-0.4, -0.2) is 0 Å². The zero-order valence-corrected chi connectivity index (χ0v) is 9.23. The second kappa shape index (κ2) is 6.01. The monoisotopic (exact) mass is 246 g/mol. The van der Waals surface area contributed by atoms with Crippen LogP contribution >= 0.6 is 0 Å². The van der Waals surface area contributed by atoms with Crippen molar-refractivity contribution >= 4 is 22.7 Å². The summed E-state index contributed by atoms with van der Waals surface area (Å²) in [4.78, 5) is 0. The van der Waals surface area contributed by atoms with Crippen LogP contribution < -0.4 is 22.9 Å². The van der Waals surface area contributed by atoms with E-state index in [0.29, 0.717) is 22.7 Å². The third-order valence-electron chi connectivity index (χ3n) is 1.78. The first kappa shape index (κ1) is 13.4. The average molecular weight is 246 g/mol. The van der Waals surface area contributed by atoms with E-state index in [1.807, 2.05) is 30.3 Å². The van der Waals surface area contributed by atoms with Gasteiger partial charge >= 0.3 is 0 Å². The number of nitrogens with two attached hydrogens (primary N) is 4. The molecule has 0 saturated heterocycles. The van der Waals surface area contributed by atoms with E-state index in [4.69, 9.17) is 22.9 Å². The molecule has 5 heteroatoms. The van der Waals surface area contributed by atoms with Crippen molar-refractivity contribution in [2.24, 2.45) is 0 Å². The normalized spacial score (nSPS) is 8.53. The van der Waals surface area contributed by atoms with Gasteiger partial charge in [-0.3, -0.25) is 0 Å². The van der Waals surface area contributed by atoms with Gasteiger partial charge in [0.05, 0.1) is 0 Å². The number of rotatable bonds is 0. The molecule has 0 atom stereocenters. The quantitative estimate of drug-likeness (QED) is 0.413. The molecule has 2 aromatic rings. The zero-order chi connectivity index (χ0) is 10.6. The predicted molar refractivity (Wildman–Crippen MR) is 61.7 cm³/mol. The van der Waals surface area contributed by atoms with Crippen molar-refractivity contribution in [3.63, 3.8) is 0 Å². The van der Waals surface area contributed by atoms with E-state index in [-0.39, 0.29) is 17.1 Å². The van der Waals surface area contributed by atoms with Crippen LogP contribution in [0.2, 0.25) is 0 Å². The molecule has 2 aromatic carbocycles. The Morgan fingerprint density at radius 3 is 1.47 bits per heavy atom. The smallest absolute Gasteiger partial charge is 0 e. The Kier molecular flexibility index (Phi) is 5.37. The first-order valence-corrected chi connectivity index (χ1v) is 4.15. The van der Waals surface area contributed by atoms with Gasteiger partial charge in [-0.05, 0) is 5.69 Å². The van der Waals surface area contributed by atoms with Gasteiger partial charge in [0.2, 0.25) is 0 Å². The summed E-state index contributed by atoms with van der Waals surface area (Å²) < 4.78 is 0. The molecule has 0 aliphatic rings. The molecule has 0 spiro atoms. The Labute approximate surface area is 99.4 Å². The second-order valence-corrected chi connectivity index (χ2v) is 2.84. The third-order valence-corrected chi connectivity index (χ3v) is 1.78. The zero-order valence-electron chi connectivity index (χ0n) is 8.13. The first-order chi connectivity index (χ1) is 6.63. The summed E-state index contributed by atoms with van der Waals surface area (Å²) in [5, 5.41) is 0. The Balaban J connectivity index is 0.000000280. The van der Waals surface area contributed by atoms with Crippen molar-refractivity contribution in [2.45, 2.75) is 0 Å². The van der Waals surface area contributed by atoms with Crippen molar-refractivity contribution < 1.29 is 17.1 Å². The molecule has 0 aliphatic heterocycles. The molecule has 0 aliphatic carbocycles. The van der Waals surface area contributed by atoms with Crippen molar-refractivity contribution in [1.29, 1.82) is 0 Å². The number of hydrogen-bond donors (Lipinski definition) is 4. The van der Waals surface area contributed by atoms with E-state index >= 15 is 0 Å². The maximum Gasteiger partial charge on any atom is 0 e. The third kappa shape index (κ3) is 3.58. The largest absolute Gasteiger partial charge is 0.748 e. The summed E-state index contributed by atoms with van der Waals surface area (Å²) in [5.74, 6) is 0. The van der Waals surface area contributed by atoms with E-state index in [1.165, 1.54) is 0 Å². The van der Waals surface area contributed by atoms with Gasteiger partial charge in [-0.15, -0.1) is 6.07 Å². The molecule has 4 nitrogen and oxygen atoms in total. The summed E-state index contributed by atoms with van der Waals surface area (Å²) in [6, 6.07) is 11.5. The van der Waals surface area contributed by atoms with Gasteiger partial charge in [-0.2, -0.15) is 0 Å². The predicted octanol–water partition coefficient (Wildman–Crippen LogP) is 1.14. The Morgan fingerprint density at radius 2 is 1.33 bits per heavy atom. The topological polar surface area (TPSA) is 104 Å². The molecular formula is C10H14FeN4-6. The molecule has 0 aromatic heterocycles. The number of anilines is 4. The molecule has 0 bridgehead atoms. The van der Waals surface area contributed by atoms with E-state index in [2.05, 4.69) is 0 Å². The molecule has 88 valence electrons. The van der Waals surface area contributed by atoms with Crippen LogP contribution in [-0.2, 0) is 17.1 Å². The van der Waals surface area contributed by atoms with E-state index < -0.39 is 0 Å². The minimum Gasteiger partial charge on any atom is -0.748 e. The van der Waals surface area contributed by atoms with Gasteiger partial charge in [-0.1, -0.05) is 17.1 Å². The Hall–Kier alpha value is -1.58. The maximum absolute atomic E-state index is 5.37. The van der Waals surface area contributed by atoms with Gasteiger partial charge in [-0.25, -0.2) is 0 Å². The van der Waals surface area contributed by atoms with Gasteiger partial charge in [0, 0.05) is 17.1 Å². The molecule has 0 fully saturated rings. The molecule has 0 heterocycles. The molecule has 15 heavy (non-hydrogen) atoms. The molecule has 0 amide bonds. The van der Waals surface area contributed by atoms with Crippen molar-refractivity contribution in [3.8, 4) is 0 Å². The standard InChI is InChI=1S/C5H9N4.C5H5.Fe/c6-2-1-3(7)5(9)4(2)8;1-2-4-5-3-1;/h1H,6-9H2;1-5H;/q-1;-5;. The molecule has 0 radical (unpaired) electrons. The molecule has 0 saturated carbocycles. The SMILES string of the molecule is Nc1c[c-](N)c(N)c1N.[Fe].[cH-]1[cH-][cH-][cH-][cH-]1. The average Bonchev–Trinajstić information content (AvgIpc) is 2.78. The first-order valence-electron chi connectivity index (χ1n) is 4.15. The molecule has 8 N–H and O–H groups in total. The summed E-state index contributed by atoms with van der Waals surface area (Å²) in [5.41, 5.74) is 23.1. The van der Waals surface area contributed by atoms with E-state index in [9.17, 15) is 0 Å². The number of nitrogen functional groups attached to an aromatic ring is 4. The summed E-state index contributed by atoms with van der Waals surface area (Å²) in [6.45, 7) is 0. The van der Waals surface area contributed by atoms with Crippen molar-refractivity contribution in [3.05, 3.63) is 36.4 Å². The van der Waals surface area contributed by atoms with Crippen LogP contribution in [0.1, 0.15) is 0 Å². The molecular weight excluding hydrogens is 232 g/mol. The fourth-order valence-corrected chi connectivity index (χ4v) is 0.955. The minimum atomic E-state index is 0. The summed E-state index contributed by atoms with van der Waals surface area (Å²) >= 11 is 0.